The number of ether oxygens (including phenoxy) is 2. The Morgan fingerprint density at radius 1 is 1.46 bits per heavy atom. The third kappa shape index (κ3) is 7.74. The average Bonchev–Trinajstić information content (AvgIpc) is 3.27. The van der Waals surface area contributed by atoms with Gasteiger partial charge in [0.05, 0.1) is 13.2 Å². The molecule has 0 aromatic carbocycles. The summed E-state index contributed by atoms with van der Waals surface area (Å²) >= 11 is 0. The van der Waals surface area contributed by atoms with Crippen LogP contribution in [0.5, 0.6) is 0 Å². The summed E-state index contributed by atoms with van der Waals surface area (Å²) in [6, 6.07) is 0. The highest BCUT2D eigenvalue weighted by Crippen LogP contribution is 2.12. The molecule has 1 aliphatic rings. The first-order chi connectivity index (χ1) is 12.7. The second kappa shape index (κ2) is 11.9. The van der Waals surface area contributed by atoms with Gasteiger partial charge in [0, 0.05) is 51.2 Å². The van der Waals surface area contributed by atoms with Crippen molar-refractivity contribution in [2.45, 2.75) is 46.7 Å². The Balaban J connectivity index is 1.68. The maximum atomic E-state index is 5.74. The smallest absolute Gasteiger partial charge is 0.191 e. The Labute approximate surface area is 157 Å². The van der Waals surface area contributed by atoms with Gasteiger partial charge in [0.1, 0.15) is 12.4 Å². The Bertz CT molecular complexity index is 524. The molecule has 1 unspecified atom stereocenters. The summed E-state index contributed by atoms with van der Waals surface area (Å²) in [5.41, 5.74) is 0. The minimum atomic E-state index is 0.577. The van der Waals surface area contributed by atoms with E-state index >= 15 is 0 Å². The van der Waals surface area contributed by atoms with Gasteiger partial charge in [-0.15, -0.1) is 0 Å². The molecule has 0 saturated carbocycles. The normalized spacial score (nSPS) is 17.8. The summed E-state index contributed by atoms with van der Waals surface area (Å²) in [5, 5.41) is 6.65. The summed E-state index contributed by atoms with van der Waals surface area (Å²) in [5.74, 6) is 3.00. The maximum Gasteiger partial charge on any atom is 0.191 e. The number of aromatic nitrogens is 2. The molecule has 7 heteroatoms. The van der Waals surface area contributed by atoms with Crippen LogP contribution < -0.4 is 10.6 Å². The molecule has 1 aromatic rings. The molecule has 26 heavy (non-hydrogen) atoms. The van der Waals surface area contributed by atoms with Gasteiger partial charge < -0.3 is 24.7 Å². The number of aliphatic imine (C=N–C) groups is 1. The lowest BCUT2D eigenvalue weighted by atomic mass is 10.1. The van der Waals surface area contributed by atoms with Crippen molar-refractivity contribution < 1.29 is 9.47 Å². The van der Waals surface area contributed by atoms with Gasteiger partial charge >= 0.3 is 0 Å². The fourth-order valence-corrected chi connectivity index (χ4v) is 2.89. The Hall–Kier alpha value is -1.60. The summed E-state index contributed by atoms with van der Waals surface area (Å²) in [7, 11) is 0. The number of imidazole rings is 1. The molecule has 0 aliphatic carbocycles. The predicted molar refractivity (Wildman–Crippen MR) is 104 cm³/mol. The number of rotatable bonds is 11. The van der Waals surface area contributed by atoms with Crippen molar-refractivity contribution in [3.63, 3.8) is 0 Å². The molecular weight excluding hydrogens is 330 g/mol. The van der Waals surface area contributed by atoms with Crippen LogP contribution in [-0.4, -0.2) is 55.0 Å². The molecule has 2 rings (SSSR count). The number of nitrogens with zero attached hydrogens (tertiary/aromatic N) is 3. The van der Waals surface area contributed by atoms with E-state index in [2.05, 4.69) is 45.9 Å². The van der Waals surface area contributed by atoms with Crippen LogP contribution in [0.1, 0.15) is 39.4 Å². The van der Waals surface area contributed by atoms with Gasteiger partial charge in [0.25, 0.3) is 0 Å². The van der Waals surface area contributed by atoms with Crippen molar-refractivity contribution in [2.75, 3.05) is 39.5 Å². The average molecular weight is 366 g/mol. The van der Waals surface area contributed by atoms with Crippen LogP contribution in [0.2, 0.25) is 0 Å². The molecular formula is C19H35N5O2. The number of hydrogen-bond donors (Lipinski definition) is 2. The largest absolute Gasteiger partial charge is 0.381 e. The van der Waals surface area contributed by atoms with E-state index in [0.29, 0.717) is 18.4 Å². The molecule has 1 saturated heterocycles. The third-order valence-corrected chi connectivity index (χ3v) is 4.22. The number of nitrogens with one attached hydrogen (secondary N) is 2. The summed E-state index contributed by atoms with van der Waals surface area (Å²) < 4.78 is 13.3. The predicted octanol–water partition coefficient (Wildman–Crippen LogP) is 2.04. The van der Waals surface area contributed by atoms with Gasteiger partial charge in [-0.05, 0) is 25.7 Å². The van der Waals surface area contributed by atoms with Crippen LogP contribution >= 0.6 is 0 Å². The molecule has 1 atom stereocenters. The second-order valence-corrected chi connectivity index (χ2v) is 7.17. The minimum Gasteiger partial charge on any atom is -0.381 e. The molecule has 0 amide bonds. The molecule has 1 aromatic heterocycles. The molecule has 2 heterocycles. The zero-order valence-corrected chi connectivity index (χ0v) is 16.5. The van der Waals surface area contributed by atoms with Crippen molar-refractivity contribution >= 4 is 5.96 Å². The molecule has 7 nitrogen and oxygen atoms in total. The summed E-state index contributed by atoms with van der Waals surface area (Å²) in [6.45, 7) is 13.0. The Morgan fingerprint density at radius 3 is 3.08 bits per heavy atom. The highest BCUT2D eigenvalue weighted by Gasteiger charge is 2.15. The lowest BCUT2D eigenvalue weighted by molar-refractivity contribution is 0.0888. The van der Waals surface area contributed by atoms with Crippen LogP contribution in [0.4, 0.5) is 0 Å². The van der Waals surface area contributed by atoms with Crippen LogP contribution in [-0.2, 0) is 22.6 Å². The van der Waals surface area contributed by atoms with Crippen LogP contribution in [0.3, 0.4) is 0 Å². The van der Waals surface area contributed by atoms with Crippen molar-refractivity contribution in [3.05, 3.63) is 18.2 Å². The van der Waals surface area contributed by atoms with Gasteiger partial charge in [-0.3, -0.25) is 0 Å². The fourth-order valence-electron chi connectivity index (χ4n) is 2.89. The molecule has 0 radical (unpaired) electrons. The molecule has 1 fully saturated rings. The van der Waals surface area contributed by atoms with Crippen LogP contribution in [0.25, 0.3) is 0 Å². The second-order valence-electron chi connectivity index (χ2n) is 7.17. The van der Waals surface area contributed by atoms with E-state index in [1.807, 2.05) is 12.4 Å². The van der Waals surface area contributed by atoms with Crippen LogP contribution in [0, 0.1) is 11.8 Å². The molecule has 0 bridgehead atoms. The molecule has 1 aliphatic heterocycles. The third-order valence-electron chi connectivity index (χ3n) is 4.22. The lowest BCUT2D eigenvalue weighted by Crippen LogP contribution is -2.38. The molecule has 148 valence electrons. The standard InChI is InChI=1S/C19H35N5O2/c1-4-20-19(22-7-5-10-25-14-17-6-11-26-15-17)23-12-18-21-8-9-24(18)13-16(2)3/h8-9,16-17H,4-7,10-15H2,1-3H3,(H2,20,22,23). The molecule has 2 N–H and O–H groups in total. The van der Waals surface area contributed by atoms with E-state index in [4.69, 9.17) is 9.47 Å². The first-order valence-electron chi connectivity index (χ1n) is 9.86. The Kier molecular flexibility index (Phi) is 9.48. The minimum absolute atomic E-state index is 0.577. The highest BCUT2D eigenvalue weighted by atomic mass is 16.5. The van der Waals surface area contributed by atoms with E-state index in [-0.39, 0.29) is 0 Å². The zero-order chi connectivity index (χ0) is 18.6. The van der Waals surface area contributed by atoms with Crippen molar-refractivity contribution in [2.24, 2.45) is 16.8 Å². The fraction of sp³-hybridized carbons (Fsp3) is 0.789. The van der Waals surface area contributed by atoms with Crippen molar-refractivity contribution in [1.29, 1.82) is 0 Å². The topological polar surface area (TPSA) is 72.7 Å². The monoisotopic (exact) mass is 365 g/mol. The van der Waals surface area contributed by atoms with Gasteiger partial charge in [-0.1, -0.05) is 13.8 Å². The van der Waals surface area contributed by atoms with Gasteiger partial charge in [0.15, 0.2) is 5.96 Å². The zero-order valence-electron chi connectivity index (χ0n) is 16.5. The van der Waals surface area contributed by atoms with E-state index in [1.54, 1.807) is 0 Å². The highest BCUT2D eigenvalue weighted by molar-refractivity contribution is 5.79. The van der Waals surface area contributed by atoms with Crippen molar-refractivity contribution in [1.82, 2.24) is 20.2 Å². The van der Waals surface area contributed by atoms with Gasteiger partial charge in [-0.2, -0.15) is 0 Å². The SMILES string of the molecule is CCNC(=NCc1nccn1CC(C)C)NCCCOCC1CCOC1. The van der Waals surface area contributed by atoms with Gasteiger partial charge in [0.2, 0.25) is 0 Å². The van der Waals surface area contributed by atoms with E-state index in [9.17, 15) is 0 Å². The van der Waals surface area contributed by atoms with E-state index in [0.717, 1.165) is 70.7 Å². The van der Waals surface area contributed by atoms with E-state index < -0.39 is 0 Å². The summed E-state index contributed by atoms with van der Waals surface area (Å²) in [4.78, 5) is 9.09. The number of guanidine groups is 1. The van der Waals surface area contributed by atoms with Crippen molar-refractivity contribution in [3.8, 4) is 0 Å². The quantitative estimate of drug-likeness (QED) is 0.357. The van der Waals surface area contributed by atoms with E-state index in [1.165, 1.54) is 0 Å². The first-order valence-corrected chi connectivity index (χ1v) is 9.86. The van der Waals surface area contributed by atoms with Gasteiger partial charge in [-0.25, -0.2) is 9.98 Å². The molecule has 0 spiro atoms. The Morgan fingerprint density at radius 2 is 2.35 bits per heavy atom. The summed E-state index contributed by atoms with van der Waals surface area (Å²) in [6.07, 6.45) is 5.96. The first kappa shape index (κ1) is 20.7. The maximum absolute atomic E-state index is 5.74. The number of hydrogen-bond acceptors (Lipinski definition) is 4. The van der Waals surface area contributed by atoms with Crippen LogP contribution in [0.15, 0.2) is 17.4 Å². The lowest BCUT2D eigenvalue weighted by Gasteiger charge is -2.13.